The molecule has 0 aliphatic heterocycles. The summed E-state index contributed by atoms with van der Waals surface area (Å²) in [5.41, 5.74) is 0. The van der Waals surface area contributed by atoms with Gasteiger partial charge in [0, 0.05) is 11.1 Å². The van der Waals surface area contributed by atoms with Crippen molar-refractivity contribution >= 4 is 27.2 Å². The second-order valence-electron chi connectivity index (χ2n) is 3.32. The van der Waals surface area contributed by atoms with Crippen LogP contribution in [0.25, 0.3) is 10.1 Å². The Bertz CT molecular complexity index is 423. The fraction of sp³-hybridized carbons (Fsp3) is 0.250. The Labute approximate surface area is 87.4 Å². The molecule has 0 aliphatic carbocycles. The molecule has 0 atom stereocenters. The van der Waals surface area contributed by atoms with Crippen molar-refractivity contribution in [3.05, 3.63) is 35.2 Å². The van der Waals surface area contributed by atoms with Gasteiger partial charge in [-0.25, -0.2) is 0 Å². The van der Waals surface area contributed by atoms with E-state index < -0.39 is 0 Å². The smallest absolute Gasteiger partial charge is 0.172 e. The topological polar surface area (TPSA) is 17.1 Å². The van der Waals surface area contributed by atoms with E-state index in [4.69, 9.17) is 0 Å². The van der Waals surface area contributed by atoms with Gasteiger partial charge < -0.3 is 0 Å². The number of fused-ring (bicyclic) bond motifs is 1. The van der Waals surface area contributed by atoms with Gasteiger partial charge in [-0.3, -0.25) is 4.79 Å². The minimum absolute atomic E-state index is 0.272. The molecule has 72 valence electrons. The molecule has 0 fully saturated rings. The average molecular weight is 204 g/mol. The summed E-state index contributed by atoms with van der Waals surface area (Å²) in [5, 5.41) is 1.18. The van der Waals surface area contributed by atoms with Gasteiger partial charge in [0.05, 0.1) is 4.88 Å². The van der Waals surface area contributed by atoms with Gasteiger partial charge in [-0.15, -0.1) is 11.3 Å². The summed E-state index contributed by atoms with van der Waals surface area (Å²) >= 11 is 1.60. The van der Waals surface area contributed by atoms with Crippen molar-refractivity contribution < 1.29 is 4.79 Å². The van der Waals surface area contributed by atoms with Crippen LogP contribution in [-0.4, -0.2) is 5.78 Å². The molecule has 0 aliphatic rings. The van der Waals surface area contributed by atoms with Crippen molar-refractivity contribution in [2.75, 3.05) is 0 Å². The van der Waals surface area contributed by atoms with E-state index in [9.17, 15) is 4.79 Å². The van der Waals surface area contributed by atoms with Gasteiger partial charge in [0.15, 0.2) is 5.78 Å². The predicted octanol–water partition coefficient (Wildman–Crippen LogP) is 3.88. The lowest BCUT2D eigenvalue weighted by Gasteiger charge is -1.90. The van der Waals surface area contributed by atoms with Crippen LogP contribution < -0.4 is 0 Å². The van der Waals surface area contributed by atoms with Crippen LogP contribution in [0.1, 0.15) is 29.4 Å². The van der Waals surface area contributed by atoms with Crippen molar-refractivity contribution in [3.8, 4) is 0 Å². The molecule has 1 nitrogen and oxygen atoms in total. The van der Waals surface area contributed by atoms with E-state index in [1.807, 2.05) is 25.1 Å². The molecule has 0 amide bonds. The molecule has 0 saturated heterocycles. The summed E-state index contributed by atoms with van der Waals surface area (Å²) in [6.07, 6.45) is 1.58. The van der Waals surface area contributed by atoms with E-state index in [1.165, 1.54) is 10.1 Å². The maximum atomic E-state index is 11.6. The zero-order valence-corrected chi connectivity index (χ0v) is 8.93. The highest BCUT2D eigenvalue weighted by Crippen LogP contribution is 2.26. The zero-order valence-electron chi connectivity index (χ0n) is 8.12. The van der Waals surface area contributed by atoms with Crippen molar-refractivity contribution in [3.63, 3.8) is 0 Å². The Morgan fingerprint density at radius 3 is 2.86 bits per heavy atom. The molecule has 1 aromatic carbocycles. The molecule has 2 rings (SSSR count). The Morgan fingerprint density at radius 1 is 1.36 bits per heavy atom. The van der Waals surface area contributed by atoms with Crippen LogP contribution in [0.15, 0.2) is 30.3 Å². The Morgan fingerprint density at radius 2 is 2.14 bits per heavy atom. The molecular weight excluding hydrogens is 192 g/mol. The first-order valence-corrected chi connectivity index (χ1v) is 5.64. The second-order valence-corrected chi connectivity index (χ2v) is 4.41. The number of benzene rings is 1. The van der Waals surface area contributed by atoms with Crippen molar-refractivity contribution in [2.45, 2.75) is 19.8 Å². The van der Waals surface area contributed by atoms with Gasteiger partial charge in [0.2, 0.25) is 0 Å². The van der Waals surface area contributed by atoms with E-state index in [2.05, 4.69) is 12.1 Å². The summed E-state index contributed by atoms with van der Waals surface area (Å²) in [6, 6.07) is 10.1. The molecule has 0 saturated carbocycles. The van der Waals surface area contributed by atoms with Crippen LogP contribution in [0.4, 0.5) is 0 Å². The van der Waals surface area contributed by atoms with Gasteiger partial charge in [-0.05, 0) is 23.9 Å². The highest BCUT2D eigenvalue weighted by molar-refractivity contribution is 7.20. The third kappa shape index (κ3) is 1.70. The summed E-state index contributed by atoms with van der Waals surface area (Å²) in [6.45, 7) is 2.03. The zero-order chi connectivity index (χ0) is 9.97. The van der Waals surface area contributed by atoms with Crippen LogP contribution in [0.3, 0.4) is 0 Å². The molecule has 0 bridgehead atoms. The number of carbonyl (C=O) groups excluding carboxylic acids is 1. The fourth-order valence-corrected chi connectivity index (χ4v) is 2.50. The number of Topliss-reactive ketones (excluding diaryl/α,β-unsaturated/α-hetero) is 1. The van der Waals surface area contributed by atoms with E-state index in [0.29, 0.717) is 6.42 Å². The molecule has 0 unspecified atom stereocenters. The lowest BCUT2D eigenvalue weighted by atomic mass is 10.2. The molecule has 14 heavy (non-hydrogen) atoms. The van der Waals surface area contributed by atoms with Gasteiger partial charge in [-0.2, -0.15) is 0 Å². The molecule has 1 aromatic heterocycles. The number of thiophene rings is 1. The predicted molar refractivity (Wildman–Crippen MR) is 61.1 cm³/mol. The Hall–Kier alpha value is -1.15. The van der Waals surface area contributed by atoms with Crippen molar-refractivity contribution in [1.82, 2.24) is 0 Å². The first kappa shape index (κ1) is 9.41. The highest BCUT2D eigenvalue weighted by atomic mass is 32.1. The standard InChI is InChI=1S/C12H12OS/c1-2-5-10(13)12-8-9-6-3-4-7-11(9)14-12/h3-4,6-8H,2,5H2,1H3. The van der Waals surface area contributed by atoms with Crippen LogP contribution in [0.2, 0.25) is 0 Å². The largest absolute Gasteiger partial charge is 0.293 e. The summed E-state index contributed by atoms with van der Waals surface area (Å²) in [4.78, 5) is 12.5. The number of hydrogen-bond donors (Lipinski definition) is 0. The van der Waals surface area contributed by atoms with Crippen LogP contribution in [0.5, 0.6) is 0 Å². The molecule has 0 N–H and O–H groups in total. The molecular formula is C12H12OS. The monoisotopic (exact) mass is 204 g/mol. The van der Waals surface area contributed by atoms with Gasteiger partial charge >= 0.3 is 0 Å². The summed E-state index contributed by atoms with van der Waals surface area (Å²) in [5.74, 6) is 0.272. The fourth-order valence-electron chi connectivity index (χ4n) is 1.47. The first-order valence-electron chi connectivity index (χ1n) is 4.83. The van der Waals surface area contributed by atoms with E-state index in [1.54, 1.807) is 11.3 Å². The minimum Gasteiger partial charge on any atom is -0.293 e. The SMILES string of the molecule is CCCC(=O)c1cc2ccccc2s1. The molecule has 1 heterocycles. The van der Waals surface area contributed by atoms with Crippen molar-refractivity contribution in [1.29, 1.82) is 0 Å². The van der Waals surface area contributed by atoms with Gasteiger partial charge in [-0.1, -0.05) is 25.1 Å². The Balaban J connectivity index is 2.40. The van der Waals surface area contributed by atoms with E-state index in [-0.39, 0.29) is 5.78 Å². The first-order chi connectivity index (χ1) is 6.81. The number of carbonyl (C=O) groups is 1. The average Bonchev–Trinajstić information content (AvgIpc) is 2.61. The van der Waals surface area contributed by atoms with Crippen LogP contribution >= 0.6 is 11.3 Å². The number of rotatable bonds is 3. The Kier molecular flexibility index (Phi) is 2.64. The molecule has 0 radical (unpaired) electrons. The molecule has 2 aromatic rings. The maximum Gasteiger partial charge on any atom is 0.172 e. The summed E-state index contributed by atoms with van der Waals surface area (Å²) in [7, 11) is 0. The van der Waals surface area contributed by atoms with E-state index >= 15 is 0 Å². The lowest BCUT2D eigenvalue weighted by Crippen LogP contribution is -1.93. The lowest BCUT2D eigenvalue weighted by molar-refractivity contribution is 0.0985. The van der Waals surface area contributed by atoms with Gasteiger partial charge in [0.25, 0.3) is 0 Å². The second kappa shape index (κ2) is 3.93. The quantitative estimate of drug-likeness (QED) is 0.693. The molecule has 0 spiro atoms. The number of ketones is 1. The van der Waals surface area contributed by atoms with Gasteiger partial charge in [0.1, 0.15) is 0 Å². The minimum atomic E-state index is 0.272. The maximum absolute atomic E-state index is 11.6. The highest BCUT2D eigenvalue weighted by Gasteiger charge is 2.08. The van der Waals surface area contributed by atoms with Crippen LogP contribution in [0, 0.1) is 0 Å². The molecule has 2 heteroatoms. The summed E-state index contributed by atoms with van der Waals surface area (Å²) < 4.78 is 1.20. The van der Waals surface area contributed by atoms with Crippen LogP contribution in [-0.2, 0) is 0 Å². The third-order valence-electron chi connectivity index (χ3n) is 2.18. The third-order valence-corrected chi connectivity index (χ3v) is 3.33. The number of hydrogen-bond acceptors (Lipinski definition) is 2. The normalized spacial score (nSPS) is 10.6. The van der Waals surface area contributed by atoms with E-state index in [0.717, 1.165) is 11.3 Å². The van der Waals surface area contributed by atoms with Crippen molar-refractivity contribution in [2.24, 2.45) is 0 Å².